The lowest BCUT2D eigenvalue weighted by Crippen LogP contribution is -2.11. The number of halogens is 2. The SMILES string of the molecule is C\C=C(F)/C(=C\C=C\CC(=C(/N)c1cccc(Br)c1)/C(CC1CC1)=N/c1nc(C(=O)OCC)cs1)S(N)=O. The highest BCUT2D eigenvalue weighted by Gasteiger charge is 2.26. The quantitative estimate of drug-likeness (QED) is 0.156. The van der Waals surface area contributed by atoms with E-state index in [1.54, 1.807) is 24.5 Å². The molecule has 1 saturated carbocycles. The minimum Gasteiger partial charge on any atom is -0.461 e. The molecular weight excluding hydrogens is 591 g/mol. The van der Waals surface area contributed by atoms with Gasteiger partial charge in [-0.2, -0.15) is 0 Å². The smallest absolute Gasteiger partial charge is 0.357 e. The Balaban J connectivity index is 2.04. The molecule has 1 heterocycles. The number of ether oxygens (including phenoxy) is 1. The summed E-state index contributed by atoms with van der Waals surface area (Å²) < 4.78 is 31.7. The summed E-state index contributed by atoms with van der Waals surface area (Å²) >= 11 is 4.75. The Morgan fingerprint density at radius 1 is 1.39 bits per heavy atom. The van der Waals surface area contributed by atoms with E-state index in [0.717, 1.165) is 34.2 Å². The van der Waals surface area contributed by atoms with Crippen LogP contribution in [-0.4, -0.2) is 27.5 Å². The molecule has 11 heteroatoms. The van der Waals surface area contributed by atoms with E-state index in [9.17, 15) is 13.4 Å². The van der Waals surface area contributed by atoms with Crippen molar-refractivity contribution < 1.29 is 18.1 Å². The van der Waals surface area contributed by atoms with Crippen LogP contribution in [0.15, 0.2) is 79.7 Å². The zero-order valence-corrected chi connectivity index (χ0v) is 24.4. The molecule has 3 rings (SSSR count). The first-order valence-electron chi connectivity index (χ1n) is 12.0. The number of carbonyl (C=O) groups excluding carboxylic acids is 1. The maximum absolute atomic E-state index is 14.0. The normalized spacial score (nSPS) is 16.5. The summed E-state index contributed by atoms with van der Waals surface area (Å²) in [7, 11) is -1.97. The predicted octanol–water partition coefficient (Wildman–Crippen LogP) is 6.65. The Labute approximate surface area is 237 Å². The van der Waals surface area contributed by atoms with Crippen molar-refractivity contribution in [2.75, 3.05) is 6.61 Å². The molecular formula is C27H30BrFN4O3S2. The third-order valence-corrected chi connectivity index (χ3v) is 7.60. The molecule has 1 unspecified atom stereocenters. The van der Waals surface area contributed by atoms with Gasteiger partial charge in [0.25, 0.3) is 0 Å². The van der Waals surface area contributed by atoms with Gasteiger partial charge in [0.1, 0.15) is 16.8 Å². The van der Waals surface area contributed by atoms with Crippen molar-refractivity contribution in [1.82, 2.24) is 4.98 Å². The molecule has 0 radical (unpaired) electrons. The Kier molecular flexibility index (Phi) is 11.3. The third kappa shape index (κ3) is 8.65. The second kappa shape index (κ2) is 14.4. The molecule has 1 aliphatic carbocycles. The molecule has 0 saturated heterocycles. The van der Waals surface area contributed by atoms with Crippen LogP contribution in [0.3, 0.4) is 0 Å². The van der Waals surface area contributed by atoms with Gasteiger partial charge in [-0.05, 0) is 69.2 Å². The standard InChI is InChI=1S/C27H30BrFN4O3S2/c1-3-21(29)24(38(31)35)11-6-5-10-20(25(30)18-8-7-9-19(28)15-18)22(14-17-12-13-17)32-27-33-23(16-37-27)26(34)36-4-2/h3,5-9,11,15-17H,4,10,12-14,30-31H2,1-2H3/b6-5+,21-3+,24-11+,25-20-,32-22+. The van der Waals surface area contributed by atoms with Crippen molar-refractivity contribution >= 4 is 60.8 Å². The second-order valence-electron chi connectivity index (χ2n) is 8.44. The van der Waals surface area contributed by atoms with Crippen LogP contribution in [-0.2, 0) is 15.7 Å². The van der Waals surface area contributed by atoms with E-state index in [0.29, 0.717) is 29.6 Å². The first-order chi connectivity index (χ1) is 18.2. The molecule has 202 valence electrons. The Hall–Kier alpha value is -2.73. The summed E-state index contributed by atoms with van der Waals surface area (Å²) in [5, 5.41) is 7.49. The molecule has 2 aromatic rings. The van der Waals surface area contributed by atoms with Crippen LogP contribution < -0.4 is 10.9 Å². The first-order valence-corrected chi connectivity index (χ1v) is 14.9. The molecule has 1 aliphatic rings. The largest absolute Gasteiger partial charge is 0.461 e. The fourth-order valence-electron chi connectivity index (χ4n) is 3.50. The molecule has 7 nitrogen and oxygen atoms in total. The van der Waals surface area contributed by atoms with Crippen molar-refractivity contribution in [2.24, 2.45) is 21.8 Å². The number of esters is 1. The van der Waals surface area contributed by atoms with E-state index in [-0.39, 0.29) is 17.2 Å². The van der Waals surface area contributed by atoms with Crippen LogP contribution in [0.5, 0.6) is 0 Å². The maximum Gasteiger partial charge on any atom is 0.357 e. The van der Waals surface area contributed by atoms with Gasteiger partial charge in [0.15, 0.2) is 5.69 Å². The zero-order chi connectivity index (χ0) is 27.7. The van der Waals surface area contributed by atoms with E-state index < -0.39 is 22.8 Å². The van der Waals surface area contributed by atoms with E-state index >= 15 is 0 Å². The molecule has 1 atom stereocenters. The van der Waals surface area contributed by atoms with Gasteiger partial charge < -0.3 is 10.5 Å². The Morgan fingerprint density at radius 3 is 2.79 bits per heavy atom. The molecule has 0 spiro atoms. The van der Waals surface area contributed by atoms with Gasteiger partial charge in [-0.25, -0.2) is 28.5 Å². The lowest BCUT2D eigenvalue weighted by molar-refractivity contribution is 0.0520. The van der Waals surface area contributed by atoms with Crippen molar-refractivity contribution in [3.63, 3.8) is 0 Å². The number of carbonyl (C=O) groups is 1. The number of allylic oxidation sites excluding steroid dienone is 6. The molecule has 1 aromatic carbocycles. The van der Waals surface area contributed by atoms with Gasteiger partial charge in [-0.3, -0.25) is 0 Å². The number of hydrogen-bond acceptors (Lipinski definition) is 7. The minimum atomic E-state index is -1.97. The number of rotatable bonds is 12. The number of aromatic nitrogens is 1. The monoisotopic (exact) mass is 620 g/mol. The number of benzene rings is 1. The Morgan fingerprint density at radius 2 is 2.16 bits per heavy atom. The summed E-state index contributed by atoms with van der Waals surface area (Å²) in [5.74, 6) is -0.644. The number of aliphatic imine (C=N–C) groups is 1. The fraction of sp³-hybridized carbons (Fsp3) is 0.296. The summed E-state index contributed by atoms with van der Waals surface area (Å²) in [6.45, 7) is 3.50. The Bertz CT molecular complexity index is 1340. The first kappa shape index (κ1) is 29.8. The molecule has 38 heavy (non-hydrogen) atoms. The lowest BCUT2D eigenvalue weighted by atomic mass is 9.96. The van der Waals surface area contributed by atoms with Crippen LogP contribution in [0.25, 0.3) is 5.70 Å². The van der Waals surface area contributed by atoms with Crippen molar-refractivity contribution in [3.05, 3.63) is 86.0 Å². The lowest BCUT2D eigenvalue weighted by Gasteiger charge is -2.14. The number of hydrogen-bond donors (Lipinski definition) is 2. The zero-order valence-electron chi connectivity index (χ0n) is 21.2. The van der Waals surface area contributed by atoms with Crippen LogP contribution >= 0.6 is 27.3 Å². The van der Waals surface area contributed by atoms with Crippen LogP contribution in [0, 0.1) is 5.92 Å². The van der Waals surface area contributed by atoms with E-state index in [1.165, 1.54) is 30.4 Å². The molecule has 4 N–H and O–H groups in total. The number of nitrogens with zero attached hydrogens (tertiary/aromatic N) is 2. The average molecular weight is 622 g/mol. The van der Waals surface area contributed by atoms with E-state index in [1.807, 2.05) is 24.3 Å². The molecule has 0 amide bonds. The summed E-state index contributed by atoms with van der Waals surface area (Å²) in [4.78, 5) is 21.2. The highest BCUT2D eigenvalue weighted by atomic mass is 79.9. The predicted molar refractivity (Wildman–Crippen MR) is 157 cm³/mol. The van der Waals surface area contributed by atoms with Gasteiger partial charge in [-0.1, -0.05) is 46.3 Å². The van der Waals surface area contributed by atoms with Gasteiger partial charge in [0.2, 0.25) is 5.13 Å². The van der Waals surface area contributed by atoms with E-state index in [4.69, 9.17) is 20.6 Å². The third-order valence-electron chi connectivity index (χ3n) is 5.61. The highest BCUT2D eigenvalue weighted by molar-refractivity contribution is 9.10. The number of nitrogens with two attached hydrogens (primary N) is 2. The minimum absolute atomic E-state index is 0.101. The average Bonchev–Trinajstić information content (AvgIpc) is 3.59. The maximum atomic E-state index is 14.0. The van der Waals surface area contributed by atoms with Crippen LogP contribution in [0.2, 0.25) is 0 Å². The van der Waals surface area contributed by atoms with Crippen molar-refractivity contribution in [2.45, 2.75) is 39.5 Å². The molecule has 0 aliphatic heterocycles. The van der Waals surface area contributed by atoms with Crippen molar-refractivity contribution in [3.8, 4) is 0 Å². The summed E-state index contributed by atoms with van der Waals surface area (Å²) in [6, 6.07) is 7.65. The molecule has 0 bridgehead atoms. The highest BCUT2D eigenvalue weighted by Crippen LogP contribution is 2.36. The van der Waals surface area contributed by atoms with Gasteiger partial charge in [-0.15, -0.1) is 11.3 Å². The molecule has 1 fully saturated rings. The topological polar surface area (TPSA) is 121 Å². The van der Waals surface area contributed by atoms with Gasteiger partial charge in [0.05, 0.1) is 11.5 Å². The van der Waals surface area contributed by atoms with E-state index in [2.05, 4.69) is 20.9 Å². The van der Waals surface area contributed by atoms with Crippen LogP contribution in [0.4, 0.5) is 9.52 Å². The van der Waals surface area contributed by atoms with Gasteiger partial charge >= 0.3 is 5.97 Å². The van der Waals surface area contributed by atoms with Crippen molar-refractivity contribution in [1.29, 1.82) is 0 Å². The number of thiazole rings is 1. The second-order valence-corrected chi connectivity index (χ2v) is 11.2. The van der Waals surface area contributed by atoms with Crippen LogP contribution in [0.1, 0.15) is 55.6 Å². The summed E-state index contributed by atoms with van der Waals surface area (Å²) in [6.07, 6.45) is 9.27. The summed E-state index contributed by atoms with van der Waals surface area (Å²) in [5.41, 5.74) is 9.84. The molecule has 1 aromatic heterocycles. The van der Waals surface area contributed by atoms with Gasteiger partial charge in [0, 0.05) is 26.8 Å². The fourth-order valence-corrected chi connectivity index (χ4v) is 5.10.